The van der Waals surface area contributed by atoms with Crippen LogP contribution in [0.4, 0.5) is 0 Å². The summed E-state index contributed by atoms with van der Waals surface area (Å²) in [6.45, 7) is 1.67. The van der Waals surface area contributed by atoms with Gasteiger partial charge in [0.05, 0.1) is 13.2 Å². The van der Waals surface area contributed by atoms with Crippen molar-refractivity contribution in [1.29, 1.82) is 0 Å². The zero-order valence-electron chi connectivity index (χ0n) is 8.12. The molecular formula is C10H13BrO3. The van der Waals surface area contributed by atoms with Crippen LogP contribution in [0.2, 0.25) is 0 Å². The van der Waals surface area contributed by atoms with E-state index in [0.29, 0.717) is 17.7 Å². The minimum absolute atomic E-state index is 0.0941. The molecule has 0 fully saturated rings. The molecule has 0 aliphatic carbocycles. The molecule has 0 heterocycles. The van der Waals surface area contributed by atoms with E-state index in [4.69, 9.17) is 4.74 Å². The molecule has 1 atom stereocenters. The van der Waals surface area contributed by atoms with Crippen LogP contribution in [0.5, 0.6) is 11.5 Å². The van der Waals surface area contributed by atoms with Crippen LogP contribution in [0.3, 0.4) is 0 Å². The molecule has 0 spiro atoms. The number of benzene rings is 1. The number of hydrogen-bond donors (Lipinski definition) is 2. The minimum atomic E-state index is -0.486. The van der Waals surface area contributed by atoms with Gasteiger partial charge in [-0.3, -0.25) is 0 Å². The number of hydrogen-bond acceptors (Lipinski definition) is 3. The lowest BCUT2D eigenvalue weighted by Gasteiger charge is -2.11. The highest BCUT2D eigenvalue weighted by Crippen LogP contribution is 2.34. The zero-order chi connectivity index (χ0) is 10.7. The molecule has 78 valence electrons. The van der Waals surface area contributed by atoms with Crippen molar-refractivity contribution >= 4 is 15.9 Å². The van der Waals surface area contributed by atoms with E-state index < -0.39 is 6.10 Å². The second kappa shape index (κ2) is 4.66. The Labute approximate surface area is 91.5 Å². The first-order valence-corrected chi connectivity index (χ1v) is 5.07. The maximum absolute atomic E-state index is 9.71. The second-order valence-corrected chi connectivity index (χ2v) is 4.08. The number of aliphatic hydroxyl groups excluding tert-OH is 1. The number of ether oxygens (including phenoxy) is 1. The van der Waals surface area contributed by atoms with Gasteiger partial charge in [-0.15, -0.1) is 0 Å². The van der Waals surface area contributed by atoms with Crippen LogP contribution in [0.25, 0.3) is 0 Å². The molecule has 0 radical (unpaired) electrons. The van der Waals surface area contributed by atoms with Crippen molar-refractivity contribution in [2.24, 2.45) is 0 Å². The largest absolute Gasteiger partial charge is 0.504 e. The Bertz CT molecular complexity index is 323. The number of aliphatic hydroxyl groups is 1. The van der Waals surface area contributed by atoms with Crippen molar-refractivity contribution in [3.63, 3.8) is 0 Å². The maximum atomic E-state index is 9.71. The van der Waals surface area contributed by atoms with Gasteiger partial charge in [-0.2, -0.15) is 0 Å². The molecule has 0 aliphatic rings. The Kier molecular flexibility index (Phi) is 3.77. The number of phenols is 1. The first kappa shape index (κ1) is 11.3. The van der Waals surface area contributed by atoms with E-state index in [1.54, 1.807) is 19.1 Å². The van der Waals surface area contributed by atoms with E-state index in [9.17, 15) is 10.2 Å². The van der Waals surface area contributed by atoms with Gasteiger partial charge >= 0.3 is 0 Å². The summed E-state index contributed by atoms with van der Waals surface area (Å²) < 4.78 is 5.81. The highest BCUT2D eigenvalue weighted by atomic mass is 79.9. The summed E-state index contributed by atoms with van der Waals surface area (Å²) in [5.74, 6) is 0.506. The Morgan fingerprint density at radius 1 is 1.50 bits per heavy atom. The van der Waals surface area contributed by atoms with Gasteiger partial charge in [-0.25, -0.2) is 0 Å². The molecule has 0 bridgehead atoms. The number of rotatable bonds is 3. The summed E-state index contributed by atoms with van der Waals surface area (Å²) >= 11 is 3.31. The second-order valence-electron chi connectivity index (χ2n) is 3.17. The molecule has 0 amide bonds. The molecule has 1 aromatic carbocycles. The standard InChI is InChI=1S/C10H13BrO3/c1-6(12)3-7-4-8(11)5-9(14-2)10(7)13/h4-6,12-13H,3H2,1-2H3/t6-/m0/s1. The van der Waals surface area contributed by atoms with Crippen molar-refractivity contribution in [1.82, 2.24) is 0 Å². The fraction of sp³-hybridized carbons (Fsp3) is 0.400. The van der Waals surface area contributed by atoms with E-state index in [1.807, 2.05) is 0 Å². The molecular weight excluding hydrogens is 248 g/mol. The average Bonchev–Trinajstić information content (AvgIpc) is 2.09. The molecule has 1 aromatic rings. The number of halogens is 1. The normalized spacial score (nSPS) is 12.6. The van der Waals surface area contributed by atoms with Crippen molar-refractivity contribution in [3.05, 3.63) is 22.2 Å². The van der Waals surface area contributed by atoms with Gasteiger partial charge in [0.1, 0.15) is 0 Å². The van der Waals surface area contributed by atoms with Gasteiger partial charge in [0, 0.05) is 16.5 Å². The van der Waals surface area contributed by atoms with E-state index >= 15 is 0 Å². The summed E-state index contributed by atoms with van der Waals surface area (Å²) in [4.78, 5) is 0. The van der Waals surface area contributed by atoms with E-state index in [-0.39, 0.29) is 5.75 Å². The Morgan fingerprint density at radius 3 is 2.64 bits per heavy atom. The maximum Gasteiger partial charge on any atom is 0.161 e. The number of aromatic hydroxyl groups is 1. The minimum Gasteiger partial charge on any atom is -0.504 e. The highest BCUT2D eigenvalue weighted by molar-refractivity contribution is 9.10. The quantitative estimate of drug-likeness (QED) is 0.875. The third-order valence-corrected chi connectivity index (χ3v) is 2.31. The molecule has 4 heteroatoms. The van der Waals surface area contributed by atoms with Crippen LogP contribution in [0.15, 0.2) is 16.6 Å². The fourth-order valence-corrected chi connectivity index (χ4v) is 1.74. The average molecular weight is 261 g/mol. The van der Waals surface area contributed by atoms with Crippen LogP contribution in [-0.2, 0) is 6.42 Å². The van der Waals surface area contributed by atoms with Gasteiger partial charge in [0.2, 0.25) is 0 Å². The lowest BCUT2D eigenvalue weighted by molar-refractivity contribution is 0.194. The van der Waals surface area contributed by atoms with Gasteiger partial charge in [0.25, 0.3) is 0 Å². The van der Waals surface area contributed by atoms with Crippen molar-refractivity contribution in [2.45, 2.75) is 19.4 Å². The van der Waals surface area contributed by atoms with Gasteiger partial charge in [-0.1, -0.05) is 15.9 Å². The predicted octanol–water partition coefficient (Wildman–Crippen LogP) is 2.09. The molecule has 2 N–H and O–H groups in total. The third kappa shape index (κ3) is 2.62. The Hall–Kier alpha value is -0.740. The fourth-order valence-electron chi connectivity index (χ4n) is 1.26. The molecule has 0 aliphatic heterocycles. The summed E-state index contributed by atoms with van der Waals surface area (Å²) in [5, 5.41) is 18.9. The van der Waals surface area contributed by atoms with Gasteiger partial charge in [0.15, 0.2) is 11.5 Å². The van der Waals surface area contributed by atoms with Crippen LogP contribution >= 0.6 is 15.9 Å². The number of methoxy groups -OCH3 is 1. The smallest absolute Gasteiger partial charge is 0.161 e. The monoisotopic (exact) mass is 260 g/mol. The Balaban J connectivity index is 3.08. The van der Waals surface area contributed by atoms with E-state index in [2.05, 4.69) is 15.9 Å². The summed E-state index contributed by atoms with van der Waals surface area (Å²) in [5.41, 5.74) is 0.672. The van der Waals surface area contributed by atoms with Crippen molar-refractivity contribution in [2.75, 3.05) is 7.11 Å². The van der Waals surface area contributed by atoms with Crippen LogP contribution in [-0.4, -0.2) is 23.4 Å². The molecule has 3 nitrogen and oxygen atoms in total. The number of phenolic OH excluding ortho intramolecular Hbond substituents is 1. The molecule has 14 heavy (non-hydrogen) atoms. The van der Waals surface area contributed by atoms with E-state index in [0.717, 1.165) is 4.47 Å². The first-order valence-electron chi connectivity index (χ1n) is 4.28. The van der Waals surface area contributed by atoms with Crippen LogP contribution in [0, 0.1) is 0 Å². The van der Waals surface area contributed by atoms with Crippen LogP contribution in [0.1, 0.15) is 12.5 Å². The lowest BCUT2D eigenvalue weighted by Crippen LogP contribution is -2.04. The van der Waals surface area contributed by atoms with Gasteiger partial charge < -0.3 is 14.9 Å². The van der Waals surface area contributed by atoms with Crippen LogP contribution < -0.4 is 4.74 Å². The van der Waals surface area contributed by atoms with Crippen molar-refractivity contribution < 1.29 is 14.9 Å². The molecule has 0 unspecified atom stereocenters. The topological polar surface area (TPSA) is 49.7 Å². The zero-order valence-corrected chi connectivity index (χ0v) is 9.71. The molecule has 0 aromatic heterocycles. The summed E-state index contributed by atoms with van der Waals surface area (Å²) in [6, 6.07) is 3.45. The third-order valence-electron chi connectivity index (χ3n) is 1.85. The van der Waals surface area contributed by atoms with E-state index in [1.165, 1.54) is 7.11 Å². The molecule has 0 saturated heterocycles. The molecule has 1 rings (SSSR count). The lowest BCUT2D eigenvalue weighted by atomic mass is 10.1. The summed E-state index contributed by atoms with van der Waals surface area (Å²) in [6.07, 6.45) is -0.0818. The summed E-state index contributed by atoms with van der Waals surface area (Å²) in [7, 11) is 1.49. The van der Waals surface area contributed by atoms with Crippen molar-refractivity contribution in [3.8, 4) is 11.5 Å². The first-order chi connectivity index (χ1) is 6.54. The highest BCUT2D eigenvalue weighted by Gasteiger charge is 2.11. The SMILES string of the molecule is COc1cc(Br)cc(C[C@H](C)O)c1O. The predicted molar refractivity (Wildman–Crippen MR) is 57.7 cm³/mol. The van der Waals surface area contributed by atoms with Gasteiger partial charge in [-0.05, 0) is 19.1 Å². The molecule has 0 saturated carbocycles. The Morgan fingerprint density at radius 2 is 2.14 bits per heavy atom.